The Labute approximate surface area is 260 Å². The summed E-state index contributed by atoms with van der Waals surface area (Å²) < 4.78 is 2.86. The van der Waals surface area contributed by atoms with Gasteiger partial charge in [-0.25, -0.2) is 0 Å². The molecule has 0 fully saturated rings. The second kappa shape index (κ2) is 9.75. The van der Waals surface area contributed by atoms with Crippen molar-refractivity contribution in [1.82, 2.24) is 0 Å². The van der Waals surface area contributed by atoms with Gasteiger partial charge in [-0.05, 0) is 114 Å². The molecule has 0 radical (unpaired) electrons. The molecule has 0 aliphatic rings. The van der Waals surface area contributed by atoms with E-state index in [1.807, 2.05) is 68.0 Å². The third-order valence-electron chi connectivity index (χ3n) is 7.53. The minimum atomic E-state index is 1.38. The first-order valence-electron chi connectivity index (χ1n) is 13.4. The number of fused-ring (bicyclic) bond motifs is 2. The van der Waals surface area contributed by atoms with E-state index < -0.39 is 0 Å². The van der Waals surface area contributed by atoms with Crippen LogP contribution >= 0.6 is 68.0 Å². The fourth-order valence-electron chi connectivity index (χ4n) is 5.90. The van der Waals surface area contributed by atoms with Crippen LogP contribution < -0.4 is 0 Å². The van der Waals surface area contributed by atoms with E-state index in [1.165, 1.54) is 102 Å². The van der Waals surface area contributed by atoms with Crippen LogP contribution in [0.4, 0.5) is 0 Å². The predicted molar refractivity (Wildman–Crippen MR) is 188 cm³/mol. The zero-order valence-corrected chi connectivity index (χ0v) is 28.8. The van der Waals surface area contributed by atoms with Crippen LogP contribution in [-0.4, -0.2) is 0 Å². The van der Waals surface area contributed by atoms with Crippen LogP contribution in [0.15, 0.2) is 36.4 Å². The lowest BCUT2D eigenvalue weighted by molar-refractivity contribution is 1.49. The molecule has 40 heavy (non-hydrogen) atoms. The second-order valence-corrected chi connectivity index (χ2v) is 18.1. The fraction of sp³-hybridized carbons (Fsp3) is 0.235. The number of hydrogen-bond donors (Lipinski definition) is 0. The number of aryl methyl sites for hydroxylation is 8. The molecule has 0 spiro atoms. The topological polar surface area (TPSA) is 0 Å². The smallest absolute Gasteiger partial charge is 0.0481 e. The van der Waals surface area contributed by atoms with Gasteiger partial charge in [-0.2, -0.15) is 0 Å². The van der Waals surface area contributed by atoms with Gasteiger partial charge in [0.1, 0.15) is 0 Å². The maximum absolute atomic E-state index is 2.44. The van der Waals surface area contributed by atoms with E-state index in [4.69, 9.17) is 0 Å². The Bertz CT molecular complexity index is 1890. The largest absolute Gasteiger partial charge is 0.140 e. The van der Waals surface area contributed by atoms with Crippen molar-refractivity contribution in [3.05, 3.63) is 78.2 Å². The summed E-state index contributed by atoms with van der Waals surface area (Å²) in [5.74, 6) is 0. The van der Waals surface area contributed by atoms with Crippen LogP contribution in [0.25, 0.3) is 60.6 Å². The van der Waals surface area contributed by atoms with Gasteiger partial charge in [-0.15, -0.1) is 68.0 Å². The van der Waals surface area contributed by atoms with Gasteiger partial charge >= 0.3 is 0 Å². The van der Waals surface area contributed by atoms with Gasteiger partial charge in [0.15, 0.2) is 0 Å². The normalized spacial score (nSPS) is 12.0. The highest BCUT2D eigenvalue weighted by Gasteiger charge is 2.25. The highest BCUT2D eigenvalue weighted by molar-refractivity contribution is 7.27. The molecule has 0 aliphatic carbocycles. The Kier molecular flexibility index (Phi) is 6.54. The van der Waals surface area contributed by atoms with Crippen LogP contribution in [0.1, 0.15) is 41.8 Å². The predicted octanol–water partition coefficient (Wildman–Crippen LogP) is 13.5. The Morgan fingerprint density at radius 1 is 0.350 bits per heavy atom. The maximum atomic E-state index is 2.44. The van der Waals surface area contributed by atoms with E-state index in [-0.39, 0.29) is 0 Å². The van der Waals surface area contributed by atoms with Gasteiger partial charge < -0.3 is 0 Å². The molecule has 0 amide bonds. The zero-order chi connectivity index (χ0) is 28.0. The Morgan fingerprint density at radius 3 is 1.02 bits per heavy atom. The molecule has 6 heteroatoms. The Balaban J connectivity index is 1.50. The summed E-state index contributed by atoms with van der Waals surface area (Å²) in [5, 5.41) is 2.82. The average Bonchev–Trinajstić information content (AvgIpc) is 3.70. The molecule has 0 aliphatic heterocycles. The third kappa shape index (κ3) is 4.22. The molecule has 7 rings (SSSR count). The minimum Gasteiger partial charge on any atom is -0.140 e. The maximum Gasteiger partial charge on any atom is 0.0481 e. The van der Waals surface area contributed by atoms with Crippen LogP contribution in [0.5, 0.6) is 0 Å². The molecule has 0 saturated carbocycles. The lowest BCUT2D eigenvalue weighted by Gasteiger charge is -2.09. The van der Waals surface area contributed by atoms with Crippen LogP contribution in [-0.2, 0) is 0 Å². The molecule has 1 aromatic carbocycles. The van der Waals surface area contributed by atoms with Crippen molar-refractivity contribution in [3.63, 3.8) is 0 Å². The molecule has 0 saturated heterocycles. The van der Waals surface area contributed by atoms with E-state index in [9.17, 15) is 0 Å². The van der Waals surface area contributed by atoms with Gasteiger partial charge in [-0.3, -0.25) is 0 Å². The number of hydrogen-bond acceptors (Lipinski definition) is 6. The van der Waals surface area contributed by atoms with Crippen molar-refractivity contribution in [1.29, 1.82) is 0 Å². The lowest BCUT2D eigenvalue weighted by Crippen LogP contribution is -1.81. The quantitative estimate of drug-likeness (QED) is 0.181. The van der Waals surface area contributed by atoms with E-state index in [0.29, 0.717) is 0 Å². The molecular weight excluding hydrogens is 601 g/mol. The molecule has 6 heterocycles. The van der Waals surface area contributed by atoms with Crippen LogP contribution in [0, 0.1) is 55.4 Å². The van der Waals surface area contributed by atoms with Gasteiger partial charge in [0.2, 0.25) is 0 Å². The molecule has 0 atom stereocenters. The standard InChI is InChI=1S/C34H30S6/c1-15-9-19(5)35-29(15)31-17(3)11-25(39-31)27-23-13-21(7)38-34(23)28(24-14-22(8)37-33(24)27)26-12-18(4)32(40-26)30-16(2)10-20(6)36-30/h9-14H,1-8H3. The highest BCUT2D eigenvalue weighted by Crippen LogP contribution is 2.54. The molecule has 0 unspecified atom stereocenters. The average molecular weight is 631 g/mol. The summed E-state index contributed by atoms with van der Waals surface area (Å²) in [7, 11) is 0. The fourth-order valence-corrected chi connectivity index (χ4v) is 13.3. The summed E-state index contributed by atoms with van der Waals surface area (Å²) in [4.78, 5) is 14.0. The molecular formula is C34H30S6. The molecule has 6 aromatic heterocycles. The van der Waals surface area contributed by atoms with E-state index in [0.717, 1.165) is 0 Å². The zero-order valence-electron chi connectivity index (χ0n) is 23.9. The summed E-state index contributed by atoms with van der Waals surface area (Å²) in [6.45, 7) is 18.1. The van der Waals surface area contributed by atoms with Gasteiger partial charge in [0.25, 0.3) is 0 Å². The summed E-state index contributed by atoms with van der Waals surface area (Å²) in [6, 6.07) is 14.4. The Morgan fingerprint density at radius 2 is 0.675 bits per heavy atom. The minimum absolute atomic E-state index is 1.38. The molecule has 202 valence electrons. The molecule has 0 N–H and O–H groups in total. The van der Waals surface area contributed by atoms with Gasteiger partial charge in [-0.1, -0.05) is 0 Å². The van der Waals surface area contributed by atoms with Gasteiger partial charge in [0, 0.05) is 80.1 Å². The first kappa shape index (κ1) is 26.8. The van der Waals surface area contributed by atoms with E-state index in [2.05, 4.69) is 91.8 Å². The van der Waals surface area contributed by atoms with Crippen molar-refractivity contribution in [2.75, 3.05) is 0 Å². The summed E-state index contributed by atoms with van der Waals surface area (Å²) in [6.07, 6.45) is 0. The van der Waals surface area contributed by atoms with Gasteiger partial charge in [0.05, 0.1) is 0 Å². The van der Waals surface area contributed by atoms with Crippen molar-refractivity contribution in [2.24, 2.45) is 0 Å². The molecule has 0 nitrogen and oxygen atoms in total. The number of rotatable bonds is 4. The number of thiophene rings is 6. The highest BCUT2D eigenvalue weighted by atomic mass is 32.1. The summed E-state index contributed by atoms with van der Waals surface area (Å²) in [5.41, 5.74) is 8.41. The Hall–Kier alpha value is -2.06. The van der Waals surface area contributed by atoms with E-state index >= 15 is 0 Å². The molecule has 7 aromatic rings. The first-order valence-corrected chi connectivity index (χ1v) is 18.3. The summed E-state index contributed by atoms with van der Waals surface area (Å²) >= 11 is 11.7. The van der Waals surface area contributed by atoms with Crippen LogP contribution in [0.2, 0.25) is 0 Å². The first-order chi connectivity index (χ1) is 19.1. The SMILES string of the molecule is Cc1cc(C)c(-c2sc(-c3c4cc(C)sc4c(-c4cc(C)c(-c5sc(C)cc5C)s4)c4cc(C)sc34)cc2C)s1. The second-order valence-electron chi connectivity index (χ2n) is 10.9. The van der Waals surface area contributed by atoms with Crippen molar-refractivity contribution in [3.8, 4) is 40.4 Å². The van der Waals surface area contributed by atoms with E-state index in [1.54, 1.807) is 0 Å². The third-order valence-corrected chi connectivity index (χ3v) is 14.8. The lowest BCUT2D eigenvalue weighted by atomic mass is 9.99. The van der Waals surface area contributed by atoms with Crippen molar-refractivity contribution >= 4 is 88.2 Å². The molecule has 0 bridgehead atoms. The van der Waals surface area contributed by atoms with Crippen LogP contribution in [0.3, 0.4) is 0 Å². The van der Waals surface area contributed by atoms with Crippen molar-refractivity contribution in [2.45, 2.75) is 55.4 Å². The van der Waals surface area contributed by atoms with Crippen molar-refractivity contribution < 1.29 is 0 Å². The number of benzene rings is 1. The monoisotopic (exact) mass is 630 g/mol.